The second-order valence-electron chi connectivity index (χ2n) is 8.45. The third-order valence-electron chi connectivity index (χ3n) is 5.84. The number of fused-ring (bicyclic) bond motifs is 2. The molecular formula is C27H18F4NNaO6S. The molecule has 3 aromatic rings. The van der Waals surface area contributed by atoms with Crippen molar-refractivity contribution in [1.82, 2.24) is 0 Å². The van der Waals surface area contributed by atoms with Crippen molar-refractivity contribution in [3.05, 3.63) is 88.5 Å². The smallest absolute Gasteiger partial charge is 0.744 e. The first-order valence-corrected chi connectivity index (χ1v) is 12.9. The first kappa shape index (κ1) is 31.3. The van der Waals surface area contributed by atoms with Gasteiger partial charge in [0.25, 0.3) is 0 Å². The monoisotopic (exact) mass is 583 g/mol. The number of rotatable bonds is 7. The van der Waals surface area contributed by atoms with Gasteiger partial charge in [-0.1, -0.05) is 42.2 Å². The Morgan fingerprint density at radius 2 is 1.40 bits per heavy atom. The van der Waals surface area contributed by atoms with E-state index in [2.05, 4.69) is 16.6 Å². The van der Waals surface area contributed by atoms with Gasteiger partial charge in [0.1, 0.15) is 15.0 Å². The predicted octanol–water partition coefficient (Wildman–Crippen LogP) is 1.56. The SMILES string of the molecule is O=C(CCCCC(=O)N1Cc2ccccc2C#Cc2ccccc21)Oc1c(F)c(F)c(S(=O)(=O)[O-])c(F)c1F.[Na+]. The van der Waals surface area contributed by atoms with Gasteiger partial charge in [0, 0.05) is 24.0 Å². The molecule has 0 bridgehead atoms. The van der Waals surface area contributed by atoms with Crippen LogP contribution in [0.3, 0.4) is 0 Å². The Bertz CT molecular complexity index is 1620. The van der Waals surface area contributed by atoms with Crippen LogP contribution in [0.1, 0.15) is 42.4 Å². The summed E-state index contributed by atoms with van der Waals surface area (Å²) in [7, 11) is -5.89. The molecule has 1 amide bonds. The number of carbonyl (C=O) groups is 2. The standard InChI is InChI=1S/C27H19F4NO6S.Na/c28-22-24(30)27(39(35,36)37)25(31)23(29)26(22)38-21(34)12-6-5-11-20(33)32-15-18-9-2-1-7-16(18)13-14-17-8-3-4-10-19(17)32;/h1-4,7-10H,5-6,11-12,15H2,(H,35,36,37);/q;+1/p-1. The van der Waals surface area contributed by atoms with Crippen molar-refractivity contribution in [1.29, 1.82) is 0 Å². The number of nitrogens with zero attached hydrogens (tertiary/aromatic N) is 1. The minimum atomic E-state index is -5.89. The Labute approximate surface area is 249 Å². The molecule has 0 aromatic heterocycles. The average molecular weight is 583 g/mol. The van der Waals surface area contributed by atoms with Crippen molar-refractivity contribution in [3.63, 3.8) is 0 Å². The van der Waals surface area contributed by atoms with Gasteiger partial charge in [0.2, 0.25) is 23.3 Å². The minimum Gasteiger partial charge on any atom is -0.744 e. The number of ether oxygens (including phenoxy) is 1. The third kappa shape index (κ3) is 6.74. The number of esters is 1. The van der Waals surface area contributed by atoms with Crippen LogP contribution in [0.15, 0.2) is 53.4 Å². The van der Waals surface area contributed by atoms with Crippen molar-refractivity contribution >= 4 is 27.7 Å². The maximum Gasteiger partial charge on any atom is 1.00 e. The molecule has 4 rings (SSSR count). The summed E-state index contributed by atoms with van der Waals surface area (Å²) < 4.78 is 93.0. The van der Waals surface area contributed by atoms with Crippen molar-refractivity contribution in [2.24, 2.45) is 0 Å². The Morgan fingerprint density at radius 1 is 0.850 bits per heavy atom. The number of unbranched alkanes of at least 4 members (excludes halogenated alkanes) is 1. The maximum absolute atomic E-state index is 14.1. The second kappa shape index (κ2) is 13.0. The molecular weight excluding hydrogens is 565 g/mol. The number of benzene rings is 3. The molecule has 0 unspecified atom stereocenters. The molecule has 0 saturated carbocycles. The fraction of sp³-hybridized carbons (Fsp3) is 0.185. The molecule has 0 N–H and O–H groups in total. The quantitative estimate of drug-likeness (QED) is 0.0612. The molecule has 13 heteroatoms. The summed E-state index contributed by atoms with van der Waals surface area (Å²) in [6.07, 6.45) is -0.334. The van der Waals surface area contributed by atoms with Gasteiger partial charge in [0.15, 0.2) is 11.6 Å². The molecule has 3 aromatic carbocycles. The first-order valence-electron chi connectivity index (χ1n) is 11.5. The van der Waals surface area contributed by atoms with Crippen molar-refractivity contribution in [2.45, 2.75) is 37.1 Å². The summed E-state index contributed by atoms with van der Waals surface area (Å²) in [6, 6.07) is 14.5. The molecule has 0 fully saturated rings. The summed E-state index contributed by atoms with van der Waals surface area (Å²) in [5, 5.41) is 0. The van der Waals surface area contributed by atoms with E-state index in [1.165, 1.54) is 0 Å². The van der Waals surface area contributed by atoms with Crippen molar-refractivity contribution in [2.75, 3.05) is 4.90 Å². The van der Waals surface area contributed by atoms with Gasteiger partial charge in [-0.3, -0.25) is 9.59 Å². The largest absolute Gasteiger partial charge is 1.00 e. The molecule has 1 heterocycles. The van der Waals surface area contributed by atoms with Crippen molar-refractivity contribution in [3.8, 4) is 17.6 Å². The Kier molecular flexibility index (Phi) is 10.2. The Hall–Kier alpha value is -3.21. The van der Waals surface area contributed by atoms with Gasteiger partial charge in [-0.05, 0) is 36.6 Å². The molecule has 7 nitrogen and oxygen atoms in total. The summed E-state index contributed by atoms with van der Waals surface area (Å²) in [6.45, 7) is 0.257. The minimum absolute atomic E-state index is 0. The van der Waals surface area contributed by atoms with Gasteiger partial charge in [-0.2, -0.15) is 8.78 Å². The summed E-state index contributed by atoms with van der Waals surface area (Å²) in [5.74, 6) is -6.89. The normalized spacial score (nSPS) is 12.1. The molecule has 1 aliphatic rings. The molecule has 0 spiro atoms. The number of hydrogen-bond donors (Lipinski definition) is 0. The average Bonchev–Trinajstić information content (AvgIpc) is 2.88. The van der Waals surface area contributed by atoms with Crippen LogP contribution in [0.2, 0.25) is 0 Å². The molecule has 202 valence electrons. The molecule has 0 atom stereocenters. The van der Waals surface area contributed by atoms with E-state index in [1.54, 1.807) is 29.2 Å². The zero-order valence-electron chi connectivity index (χ0n) is 21.0. The number of amides is 1. The zero-order chi connectivity index (χ0) is 28.3. The van der Waals surface area contributed by atoms with Crippen LogP contribution in [-0.2, 0) is 26.3 Å². The van der Waals surface area contributed by atoms with Crippen LogP contribution in [-0.4, -0.2) is 24.8 Å². The topological polar surface area (TPSA) is 104 Å². The van der Waals surface area contributed by atoms with E-state index in [4.69, 9.17) is 0 Å². The van der Waals surface area contributed by atoms with Crippen LogP contribution in [0, 0.1) is 35.1 Å². The Balaban J connectivity index is 0.00000441. The van der Waals surface area contributed by atoms with Crippen LogP contribution in [0.25, 0.3) is 0 Å². The zero-order valence-corrected chi connectivity index (χ0v) is 23.8. The molecule has 0 aliphatic carbocycles. The van der Waals surface area contributed by atoms with E-state index in [9.17, 15) is 40.1 Å². The number of para-hydroxylation sites is 1. The molecule has 0 saturated heterocycles. The number of hydrogen-bond acceptors (Lipinski definition) is 6. The van der Waals surface area contributed by atoms with Gasteiger partial charge in [0.05, 0.1) is 12.2 Å². The first-order chi connectivity index (χ1) is 18.5. The van der Waals surface area contributed by atoms with E-state index in [0.717, 1.165) is 11.1 Å². The van der Waals surface area contributed by atoms with Gasteiger partial charge in [-0.15, -0.1) is 0 Å². The molecule has 0 radical (unpaired) electrons. The van der Waals surface area contributed by atoms with E-state index in [0.29, 0.717) is 11.3 Å². The van der Waals surface area contributed by atoms with Gasteiger partial charge < -0.3 is 14.2 Å². The van der Waals surface area contributed by atoms with Gasteiger partial charge >= 0.3 is 35.5 Å². The fourth-order valence-corrected chi connectivity index (χ4v) is 4.57. The molecule has 1 aliphatic heterocycles. The van der Waals surface area contributed by atoms with Crippen LogP contribution < -0.4 is 39.2 Å². The maximum atomic E-state index is 14.1. The third-order valence-corrected chi connectivity index (χ3v) is 6.70. The number of anilines is 1. The predicted molar refractivity (Wildman–Crippen MR) is 128 cm³/mol. The second-order valence-corrected chi connectivity index (χ2v) is 9.77. The van der Waals surface area contributed by atoms with Crippen LogP contribution in [0.4, 0.5) is 23.2 Å². The summed E-state index contributed by atoms with van der Waals surface area (Å²) >= 11 is 0. The number of carbonyl (C=O) groups excluding carboxylic acids is 2. The van der Waals surface area contributed by atoms with E-state index < -0.39 is 56.4 Å². The van der Waals surface area contributed by atoms with Crippen LogP contribution >= 0.6 is 0 Å². The summed E-state index contributed by atoms with van der Waals surface area (Å²) in [4.78, 5) is 24.4. The molecule has 40 heavy (non-hydrogen) atoms. The fourth-order valence-electron chi connectivity index (χ4n) is 3.95. The van der Waals surface area contributed by atoms with Gasteiger partial charge in [-0.25, -0.2) is 17.2 Å². The van der Waals surface area contributed by atoms with E-state index >= 15 is 0 Å². The van der Waals surface area contributed by atoms with Crippen molar-refractivity contribution < 1.29 is 74.4 Å². The van der Waals surface area contributed by atoms with Crippen LogP contribution in [0.5, 0.6) is 5.75 Å². The van der Waals surface area contributed by atoms with E-state index in [-0.39, 0.29) is 61.3 Å². The Morgan fingerprint density at radius 3 is 2.05 bits per heavy atom. The number of halogens is 4. The van der Waals surface area contributed by atoms with E-state index in [1.807, 2.05) is 24.3 Å². The summed E-state index contributed by atoms with van der Waals surface area (Å²) in [5.41, 5.74) is 2.89.